The average molecular weight is 369 g/mol. The summed E-state index contributed by atoms with van der Waals surface area (Å²) in [5.41, 5.74) is 4.01. The van der Waals surface area contributed by atoms with Crippen LogP contribution in [0.15, 0.2) is 93.1 Å². The van der Waals surface area contributed by atoms with Crippen molar-refractivity contribution >= 4 is 22.9 Å². The van der Waals surface area contributed by atoms with Crippen molar-refractivity contribution < 1.29 is 9.15 Å². The Morgan fingerprint density at radius 1 is 0.964 bits per heavy atom. The summed E-state index contributed by atoms with van der Waals surface area (Å²) in [7, 11) is 0. The van der Waals surface area contributed by atoms with E-state index in [4.69, 9.17) is 9.15 Å². The Labute approximate surface area is 162 Å². The summed E-state index contributed by atoms with van der Waals surface area (Å²) >= 11 is 0. The molecule has 4 aromatic rings. The zero-order chi connectivity index (χ0) is 19.3. The van der Waals surface area contributed by atoms with Gasteiger partial charge in [-0.2, -0.15) is 0 Å². The van der Waals surface area contributed by atoms with Gasteiger partial charge in [-0.1, -0.05) is 29.8 Å². The number of ether oxygens (including phenoxy) is 1. The minimum Gasteiger partial charge on any atom is -0.489 e. The van der Waals surface area contributed by atoms with Crippen LogP contribution in [0.5, 0.6) is 5.75 Å². The van der Waals surface area contributed by atoms with Gasteiger partial charge < -0.3 is 9.15 Å². The highest BCUT2D eigenvalue weighted by atomic mass is 16.5. The second-order valence-corrected chi connectivity index (χ2v) is 6.54. The lowest BCUT2D eigenvalue weighted by molar-refractivity contribution is 0.306. The molecule has 0 bridgehead atoms. The molecule has 0 unspecified atom stereocenters. The van der Waals surface area contributed by atoms with Crippen molar-refractivity contribution in [2.24, 2.45) is 4.99 Å². The van der Waals surface area contributed by atoms with Crippen molar-refractivity contribution in [3.63, 3.8) is 0 Å². The van der Waals surface area contributed by atoms with Crippen LogP contribution >= 0.6 is 0 Å². The molecule has 0 aliphatic rings. The van der Waals surface area contributed by atoms with E-state index in [-0.39, 0.29) is 5.63 Å². The average Bonchev–Trinajstić information content (AvgIpc) is 2.72. The molecule has 3 aromatic carbocycles. The van der Waals surface area contributed by atoms with Crippen molar-refractivity contribution in [3.05, 3.63) is 106 Å². The molecular formula is C24H19NO3. The quantitative estimate of drug-likeness (QED) is 0.348. The van der Waals surface area contributed by atoms with E-state index >= 15 is 0 Å². The minimum absolute atomic E-state index is 0.295. The number of hydrogen-bond acceptors (Lipinski definition) is 4. The molecule has 4 nitrogen and oxygen atoms in total. The Hall–Kier alpha value is -3.66. The van der Waals surface area contributed by atoms with Crippen molar-refractivity contribution in [3.8, 4) is 5.75 Å². The topological polar surface area (TPSA) is 51.8 Å². The summed E-state index contributed by atoms with van der Waals surface area (Å²) in [6.07, 6.45) is 1.82. The summed E-state index contributed by atoms with van der Waals surface area (Å²) in [5, 5.41) is 0.895. The normalized spacial score (nSPS) is 11.2. The third-order valence-corrected chi connectivity index (χ3v) is 4.38. The van der Waals surface area contributed by atoms with Crippen molar-refractivity contribution in [2.45, 2.75) is 13.5 Å². The molecule has 0 aliphatic carbocycles. The Morgan fingerprint density at radius 2 is 1.75 bits per heavy atom. The Bertz CT molecular complexity index is 1180. The predicted molar refractivity (Wildman–Crippen MR) is 112 cm³/mol. The van der Waals surface area contributed by atoms with Crippen LogP contribution in [0.4, 0.5) is 5.69 Å². The summed E-state index contributed by atoms with van der Waals surface area (Å²) in [6, 6.07) is 24.7. The molecule has 0 amide bonds. The van der Waals surface area contributed by atoms with Crippen molar-refractivity contribution in [2.75, 3.05) is 0 Å². The number of aryl methyl sites for hydroxylation is 1. The lowest BCUT2D eigenvalue weighted by atomic mass is 10.1. The van der Waals surface area contributed by atoms with E-state index in [0.717, 1.165) is 33.5 Å². The van der Waals surface area contributed by atoms with E-state index in [1.807, 2.05) is 85.9 Å². The first-order chi connectivity index (χ1) is 13.7. The van der Waals surface area contributed by atoms with Gasteiger partial charge in [0.15, 0.2) is 0 Å². The summed E-state index contributed by atoms with van der Waals surface area (Å²) in [4.78, 5) is 16.2. The van der Waals surface area contributed by atoms with Crippen LogP contribution in [0, 0.1) is 6.92 Å². The maximum Gasteiger partial charge on any atom is 0.336 e. The van der Waals surface area contributed by atoms with E-state index in [0.29, 0.717) is 12.2 Å². The molecule has 1 aromatic heterocycles. The number of nitrogens with zero attached hydrogens (tertiary/aromatic N) is 1. The number of para-hydroxylation sites is 1. The third kappa shape index (κ3) is 4.18. The summed E-state index contributed by atoms with van der Waals surface area (Å²) in [6.45, 7) is 2.30. The number of hydrogen-bond donors (Lipinski definition) is 0. The second-order valence-electron chi connectivity index (χ2n) is 6.54. The molecule has 0 radical (unpaired) electrons. The minimum atomic E-state index is -0.373. The smallest absolute Gasteiger partial charge is 0.336 e. The zero-order valence-electron chi connectivity index (χ0n) is 15.5. The standard InChI is InChI=1S/C24H19NO3/c1-17-7-12-23-22(13-17)19(14-24(26)28-23)16-27-21-10-8-18(9-11-21)15-25-20-5-3-2-4-6-20/h2-15H,16H2,1H3. The Morgan fingerprint density at radius 3 is 2.54 bits per heavy atom. The van der Waals surface area contributed by atoms with Gasteiger partial charge >= 0.3 is 5.63 Å². The Kier molecular flexibility index (Phi) is 5.02. The fourth-order valence-electron chi connectivity index (χ4n) is 2.94. The molecule has 4 heteroatoms. The molecule has 0 saturated carbocycles. The van der Waals surface area contributed by atoms with Crippen molar-refractivity contribution in [1.29, 1.82) is 0 Å². The van der Waals surface area contributed by atoms with Gasteiger partial charge in [0, 0.05) is 23.2 Å². The van der Waals surface area contributed by atoms with E-state index in [9.17, 15) is 4.79 Å². The summed E-state index contributed by atoms with van der Waals surface area (Å²) < 4.78 is 11.2. The second kappa shape index (κ2) is 7.92. The van der Waals surface area contributed by atoms with Crippen LogP contribution in [0.2, 0.25) is 0 Å². The monoisotopic (exact) mass is 369 g/mol. The number of aliphatic imine (C=N–C) groups is 1. The zero-order valence-corrected chi connectivity index (χ0v) is 15.5. The van der Waals surface area contributed by atoms with Crippen LogP contribution in [0.1, 0.15) is 16.7 Å². The van der Waals surface area contributed by atoms with E-state index < -0.39 is 0 Å². The van der Waals surface area contributed by atoms with Crippen molar-refractivity contribution in [1.82, 2.24) is 0 Å². The van der Waals surface area contributed by atoms with Gasteiger partial charge in [-0.15, -0.1) is 0 Å². The summed E-state index contributed by atoms with van der Waals surface area (Å²) in [5.74, 6) is 0.728. The van der Waals surface area contributed by atoms with Gasteiger partial charge in [0.25, 0.3) is 0 Å². The molecule has 0 atom stereocenters. The molecule has 1 heterocycles. The lowest BCUT2D eigenvalue weighted by Crippen LogP contribution is -2.04. The predicted octanol–water partition coefficient (Wildman–Crippen LogP) is 5.43. The van der Waals surface area contributed by atoms with Gasteiger partial charge in [0.2, 0.25) is 0 Å². The molecule has 0 saturated heterocycles. The number of fused-ring (bicyclic) bond motifs is 1. The molecule has 4 rings (SSSR count). The van der Waals surface area contributed by atoms with E-state index in [2.05, 4.69) is 4.99 Å². The fraction of sp³-hybridized carbons (Fsp3) is 0.0833. The molecule has 0 spiro atoms. The van der Waals surface area contributed by atoms with E-state index in [1.165, 1.54) is 6.07 Å². The first-order valence-corrected chi connectivity index (χ1v) is 9.03. The molecular weight excluding hydrogens is 350 g/mol. The SMILES string of the molecule is Cc1ccc2oc(=O)cc(COc3ccc(C=Nc4ccccc4)cc3)c2c1. The lowest BCUT2D eigenvalue weighted by Gasteiger charge is -2.09. The molecule has 0 N–H and O–H groups in total. The van der Waals surface area contributed by atoms with Gasteiger partial charge in [0.05, 0.1) is 5.69 Å². The first-order valence-electron chi connectivity index (χ1n) is 9.03. The van der Waals surface area contributed by atoms with E-state index in [1.54, 1.807) is 0 Å². The van der Waals surface area contributed by atoms with Gasteiger partial charge in [-0.25, -0.2) is 4.79 Å². The Balaban J connectivity index is 1.48. The molecule has 28 heavy (non-hydrogen) atoms. The molecule has 138 valence electrons. The third-order valence-electron chi connectivity index (χ3n) is 4.38. The maximum absolute atomic E-state index is 11.8. The fourth-order valence-corrected chi connectivity index (χ4v) is 2.94. The highest BCUT2D eigenvalue weighted by molar-refractivity contribution is 5.82. The van der Waals surface area contributed by atoms with Crippen LogP contribution < -0.4 is 10.4 Å². The first kappa shape index (κ1) is 17.7. The van der Waals surface area contributed by atoms with Gasteiger partial charge in [0.1, 0.15) is 17.9 Å². The number of benzene rings is 3. The molecule has 0 aliphatic heterocycles. The number of rotatable bonds is 5. The van der Waals surface area contributed by atoms with Gasteiger partial charge in [-0.05, 0) is 61.0 Å². The van der Waals surface area contributed by atoms with Crippen LogP contribution in [-0.2, 0) is 6.61 Å². The highest BCUT2D eigenvalue weighted by Crippen LogP contribution is 2.21. The maximum atomic E-state index is 11.8. The largest absolute Gasteiger partial charge is 0.489 e. The molecule has 0 fully saturated rings. The van der Waals surface area contributed by atoms with Crippen LogP contribution in [0.3, 0.4) is 0 Å². The van der Waals surface area contributed by atoms with Crippen LogP contribution in [0.25, 0.3) is 11.0 Å². The van der Waals surface area contributed by atoms with Crippen LogP contribution in [-0.4, -0.2) is 6.21 Å². The van der Waals surface area contributed by atoms with Gasteiger partial charge in [-0.3, -0.25) is 4.99 Å². The highest BCUT2D eigenvalue weighted by Gasteiger charge is 2.07.